The molecule has 4 aliphatic rings. The normalized spacial score (nSPS) is 39.0. The molecule has 0 bridgehead atoms. The fourth-order valence-corrected chi connectivity index (χ4v) is 9.09. The van der Waals surface area contributed by atoms with E-state index < -0.39 is 40.0 Å². The molecule has 0 unspecified atom stereocenters. The zero-order valence-corrected chi connectivity index (χ0v) is 26.0. The lowest BCUT2D eigenvalue weighted by molar-refractivity contribution is -0.196. The molecule has 0 spiro atoms. The first-order valence-corrected chi connectivity index (χ1v) is 16.3. The van der Waals surface area contributed by atoms with Crippen LogP contribution in [0.1, 0.15) is 78.6 Å². The lowest BCUT2D eigenvalue weighted by Gasteiger charge is -2.61. The highest BCUT2D eigenvalue weighted by atomic mass is 19.1. The Balaban J connectivity index is 1.26. The lowest BCUT2D eigenvalue weighted by atomic mass is 9.45. The van der Waals surface area contributed by atoms with E-state index in [4.69, 9.17) is 5.73 Å². The van der Waals surface area contributed by atoms with Crippen molar-refractivity contribution in [3.8, 4) is 0 Å². The Morgan fingerprint density at radius 2 is 1.60 bits per heavy atom. The molecule has 0 aromatic carbocycles. The summed E-state index contributed by atoms with van der Waals surface area (Å²) in [6, 6.07) is 0. The van der Waals surface area contributed by atoms with E-state index in [0.29, 0.717) is 32.2 Å². The summed E-state index contributed by atoms with van der Waals surface area (Å²) in [6.45, 7) is 11.5. The number of nitrogens with two attached hydrogens (primary N) is 1. The zero-order valence-electron chi connectivity index (χ0n) is 26.0. The maximum Gasteiger partial charge on any atom is 0.178 e. The molecule has 0 radical (unpaired) electrons. The van der Waals surface area contributed by atoms with Crippen LogP contribution in [0.4, 0.5) is 4.39 Å². The number of fused-ring (bicyclic) bond motifs is 5. The van der Waals surface area contributed by atoms with Gasteiger partial charge in [0.05, 0.1) is 17.6 Å². The summed E-state index contributed by atoms with van der Waals surface area (Å²) >= 11 is 0. The van der Waals surface area contributed by atoms with Gasteiger partial charge in [-0.2, -0.15) is 0 Å². The number of ketones is 2. The van der Waals surface area contributed by atoms with E-state index in [1.54, 1.807) is 19.9 Å². The highest BCUT2D eigenvalue weighted by Crippen LogP contribution is 2.70. The summed E-state index contributed by atoms with van der Waals surface area (Å²) in [5.74, 6) is -1.55. The monoisotopic (exact) mass is 590 g/mol. The molecular formula is C33H55FN4O4. The predicted octanol–water partition coefficient (Wildman–Crippen LogP) is 2.58. The van der Waals surface area contributed by atoms with Crippen molar-refractivity contribution in [2.75, 3.05) is 45.8 Å². The Labute approximate surface area is 251 Å². The first kappa shape index (κ1) is 33.4. The molecule has 4 aliphatic carbocycles. The summed E-state index contributed by atoms with van der Waals surface area (Å²) < 4.78 is 17.3. The molecule has 7 N–H and O–H groups in total. The van der Waals surface area contributed by atoms with Crippen LogP contribution in [0, 0.1) is 28.6 Å². The van der Waals surface area contributed by atoms with Gasteiger partial charge in [-0.1, -0.05) is 18.6 Å². The number of aliphatic hydroxyl groups is 2. The summed E-state index contributed by atoms with van der Waals surface area (Å²) in [6.07, 6.45) is 9.37. The van der Waals surface area contributed by atoms with Gasteiger partial charge in [0.2, 0.25) is 0 Å². The SMILES string of the molecule is C[C@]12C[C@H](O)[C@@]3(F)[C@@H](CCC4=CC(=O)C=C[C@@]43C)[C@@H]1C[C@](C)(O)[C@@H]2C(=O)CCNCCCNCCCCNCCCN. The van der Waals surface area contributed by atoms with Crippen molar-refractivity contribution >= 4 is 11.6 Å². The van der Waals surface area contributed by atoms with Crippen molar-refractivity contribution in [2.45, 2.75) is 95.9 Å². The number of carbonyl (C=O) groups is 2. The smallest absolute Gasteiger partial charge is 0.178 e. The molecule has 0 aromatic heterocycles. The second-order valence-electron chi connectivity index (χ2n) is 14.0. The van der Waals surface area contributed by atoms with Gasteiger partial charge < -0.3 is 31.9 Å². The number of hydrogen-bond donors (Lipinski definition) is 6. The highest BCUT2D eigenvalue weighted by molar-refractivity contribution is 6.01. The van der Waals surface area contributed by atoms with Crippen LogP contribution in [-0.4, -0.2) is 85.0 Å². The van der Waals surface area contributed by atoms with Crippen LogP contribution in [0.15, 0.2) is 23.8 Å². The highest BCUT2D eigenvalue weighted by Gasteiger charge is 2.73. The maximum absolute atomic E-state index is 17.3. The summed E-state index contributed by atoms with van der Waals surface area (Å²) in [5, 5.41) is 33.3. The Morgan fingerprint density at radius 3 is 2.26 bits per heavy atom. The minimum Gasteiger partial charge on any atom is -0.390 e. The Morgan fingerprint density at radius 1 is 0.976 bits per heavy atom. The number of hydrogen-bond acceptors (Lipinski definition) is 8. The zero-order chi connectivity index (χ0) is 30.6. The number of nitrogens with one attached hydrogen (secondary N) is 3. The number of rotatable bonds is 16. The fraction of sp³-hybridized carbons (Fsp3) is 0.818. The quantitative estimate of drug-likeness (QED) is 0.151. The molecule has 4 rings (SSSR count). The maximum atomic E-state index is 17.3. The molecule has 3 fully saturated rings. The van der Waals surface area contributed by atoms with Crippen molar-refractivity contribution < 1.29 is 24.2 Å². The Hall–Kier alpha value is -1.49. The molecule has 0 amide bonds. The van der Waals surface area contributed by atoms with Gasteiger partial charge in [-0.25, -0.2) is 4.39 Å². The van der Waals surface area contributed by atoms with E-state index in [1.165, 1.54) is 12.2 Å². The fourth-order valence-electron chi connectivity index (χ4n) is 9.09. The van der Waals surface area contributed by atoms with Crippen molar-refractivity contribution in [1.29, 1.82) is 0 Å². The lowest BCUT2D eigenvalue weighted by Crippen LogP contribution is -2.66. The second kappa shape index (κ2) is 13.7. The standard InChI is InChI=1S/C33H55FN4O4/c1-30-22-28(41)33(34)25(9-8-23-20-24(39)10-12-31(23,33)2)26(30)21-32(3,42)29(30)27(40)11-19-38-18-7-17-37-15-5-4-14-36-16-6-13-35/h10,12,20,25-26,28-29,36-38,41-42H,4-9,11,13-19,21-22,35H2,1-3H3/t25-,26-,28-,29+,30-,31-,32-,33-/m0/s1. The molecule has 8 atom stereocenters. The first-order valence-electron chi connectivity index (χ1n) is 16.3. The van der Waals surface area contributed by atoms with Gasteiger partial charge in [0.25, 0.3) is 0 Å². The van der Waals surface area contributed by atoms with Crippen LogP contribution in [-0.2, 0) is 9.59 Å². The summed E-state index contributed by atoms with van der Waals surface area (Å²) in [5.41, 5.74) is 1.24. The van der Waals surface area contributed by atoms with E-state index >= 15 is 4.39 Å². The summed E-state index contributed by atoms with van der Waals surface area (Å²) in [7, 11) is 0. The molecule has 0 aliphatic heterocycles. The number of alkyl halides is 1. The van der Waals surface area contributed by atoms with Gasteiger partial charge >= 0.3 is 0 Å². The van der Waals surface area contributed by atoms with Crippen LogP contribution >= 0.6 is 0 Å². The number of carbonyl (C=O) groups excluding carboxylic acids is 2. The van der Waals surface area contributed by atoms with Gasteiger partial charge in [0, 0.05) is 24.3 Å². The number of aliphatic hydroxyl groups excluding tert-OH is 1. The van der Waals surface area contributed by atoms with Crippen LogP contribution in [0.5, 0.6) is 0 Å². The second-order valence-corrected chi connectivity index (χ2v) is 14.0. The molecule has 9 heteroatoms. The average Bonchev–Trinajstić information content (AvgIpc) is 3.14. The molecule has 8 nitrogen and oxygen atoms in total. The number of unbranched alkanes of at least 4 members (excludes halogenated alkanes) is 1. The van der Waals surface area contributed by atoms with Gasteiger partial charge in [0.15, 0.2) is 11.5 Å². The molecule has 0 heterocycles. The number of halogens is 1. The van der Waals surface area contributed by atoms with Crippen LogP contribution in [0.25, 0.3) is 0 Å². The third kappa shape index (κ3) is 6.33. The van der Waals surface area contributed by atoms with Crippen molar-refractivity contribution in [3.05, 3.63) is 23.8 Å². The average molecular weight is 591 g/mol. The topological polar surface area (TPSA) is 137 Å². The minimum absolute atomic E-state index is 0.0139. The molecule has 3 saturated carbocycles. The number of Topliss-reactive ketones (excluding diaryl/α,β-unsaturated/α-hetero) is 1. The molecule has 42 heavy (non-hydrogen) atoms. The van der Waals surface area contributed by atoms with Crippen molar-refractivity contribution in [3.63, 3.8) is 0 Å². The molecule has 0 aromatic rings. The predicted molar refractivity (Wildman–Crippen MR) is 164 cm³/mol. The van der Waals surface area contributed by atoms with Crippen molar-refractivity contribution in [1.82, 2.24) is 16.0 Å². The van der Waals surface area contributed by atoms with E-state index in [9.17, 15) is 19.8 Å². The minimum atomic E-state index is -1.95. The van der Waals surface area contributed by atoms with Gasteiger partial charge in [-0.05, 0) is 128 Å². The molecular weight excluding hydrogens is 535 g/mol. The molecule has 238 valence electrons. The third-order valence-electron chi connectivity index (χ3n) is 11.1. The van der Waals surface area contributed by atoms with Crippen LogP contribution in [0.2, 0.25) is 0 Å². The van der Waals surface area contributed by atoms with E-state index in [0.717, 1.165) is 70.5 Å². The van der Waals surface area contributed by atoms with Crippen LogP contribution < -0.4 is 21.7 Å². The number of allylic oxidation sites excluding steroid dienone is 4. The largest absolute Gasteiger partial charge is 0.390 e. The van der Waals surface area contributed by atoms with Crippen molar-refractivity contribution in [2.24, 2.45) is 34.3 Å². The van der Waals surface area contributed by atoms with Gasteiger partial charge in [0.1, 0.15) is 5.78 Å². The Kier molecular flexibility index (Phi) is 10.9. The van der Waals surface area contributed by atoms with E-state index in [1.807, 2.05) is 6.92 Å². The van der Waals surface area contributed by atoms with Gasteiger partial charge in [-0.3, -0.25) is 9.59 Å². The molecule has 0 saturated heterocycles. The first-order chi connectivity index (χ1) is 19.9. The third-order valence-corrected chi connectivity index (χ3v) is 11.1. The van der Waals surface area contributed by atoms with E-state index in [2.05, 4.69) is 16.0 Å². The van der Waals surface area contributed by atoms with Gasteiger partial charge in [-0.15, -0.1) is 0 Å². The Bertz CT molecular complexity index is 1030. The van der Waals surface area contributed by atoms with Crippen LogP contribution in [0.3, 0.4) is 0 Å². The van der Waals surface area contributed by atoms with E-state index in [-0.39, 0.29) is 23.9 Å². The summed E-state index contributed by atoms with van der Waals surface area (Å²) in [4.78, 5) is 25.7.